The molecule has 2 rings (SSSR count). The average Bonchev–Trinajstić information content (AvgIpc) is 2.88. The minimum atomic E-state index is -0.534. The molecule has 0 aliphatic heterocycles. The Morgan fingerprint density at radius 2 is 2.15 bits per heavy atom. The lowest BCUT2D eigenvalue weighted by molar-refractivity contribution is -0.116. The Bertz CT molecular complexity index is 590. The number of aliphatic hydroxyl groups is 1. The third-order valence-electron chi connectivity index (χ3n) is 2.96. The number of ether oxygens (including phenoxy) is 1. The number of nitrogens with one attached hydrogen (secondary N) is 1. The van der Waals surface area contributed by atoms with Gasteiger partial charge in [0, 0.05) is 12.4 Å². The predicted octanol–water partition coefficient (Wildman–Crippen LogP) is 2.19. The lowest BCUT2D eigenvalue weighted by atomic mass is 10.2. The fraction of sp³-hybridized carbons (Fsp3) is 0.267. The van der Waals surface area contributed by atoms with Gasteiger partial charge in [0.15, 0.2) is 0 Å². The molecule has 1 amide bonds. The van der Waals surface area contributed by atoms with E-state index in [0.29, 0.717) is 11.4 Å². The van der Waals surface area contributed by atoms with Gasteiger partial charge in [-0.25, -0.2) is 0 Å². The van der Waals surface area contributed by atoms with Gasteiger partial charge < -0.3 is 19.7 Å². The van der Waals surface area contributed by atoms with Crippen LogP contribution in [0.5, 0.6) is 5.75 Å². The SMILES string of the molecule is COc1ccccc1NC(=O)Cn1ccc(C(C)O)c1. The van der Waals surface area contributed by atoms with Crippen molar-refractivity contribution in [1.82, 2.24) is 4.57 Å². The minimum absolute atomic E-state index is 0.151. The van der Waals surface area contributed by atoms with Gasteiger partial charge in [0.1, 0.15) is 12.3 Å². The largest absolute Gasteiger partial charge is 0.495 e. The fourth-order valence-corrected chi connectivity index (χ4v) is 1.91. The summed E-state index contributed by atoms with van der Waals surface area (Å²) < 4.78 is 6.91. The third kappa shape index (κ3) is 3.39. The summed E-state index contributed by atoms with van der Waals surface area (Å²) in [5.41, 5.74) is 1.43. The van der Waals surface area contributed by atoms with E-state index < -0.39 is 6.10 Å². The normalized spacial score (nSPS) is 11.9. The van der Waals surface area contributed by atoms with Crippen LogP contribution in [0.2, 0.25) is 0 Å². The van der Waals surface area contributed by atoms with E-state index in [4.69, 9.17) is 4.74 Å². The number of carbonyl (C=O) groups is 1. The number of para-hydroxylation sites is 2. The van der Waals surface area contributed by atoms with Crippen LogP contribution >= 0.6 is 0 Å². The van der Waals surface area contributed by atoms with E-state index in [1.165, 1.54) is 0 Å². The number of aromatic nitrogens is 1. The third-order valence-corrected chi connectivity index (χ3v) is 2.96. The highest BCUT2D eigenvalue weighted by atomic mass is 16.5. The maximum absolute atomic E-state index is 12.0. The van der Waals surface area contributed by atoms with Crippen molar-refractivity contribution in [3.8, 4) is 5.75 Å². The number of methoxy groups -OCH3 is 1. The number of nitrogens with zero attached hydrogens (tertiary/aromatic N) is 1. The summed E-state index contributed by atoms with van der Waals surface area (Å²) in [6, 6.07) is 9.04. The van der Waals surface area contributed by atoms with E-state index in [1.54, 1.807) is 49.2 Å². The fourth-order valence-electron chi connectivity index (χ4n) is 1.91. The minimum Gasteiger partial charge on any atom is -0.495 e. The second-order valence-electron chi connectivity index (χ2n) is 4.54. The molecule has 1 atom stereocenters. The van der Waals surface area contributed by atoms with Crippen LogP contribution in [-0.2, 0) is 11.3 Å². The number of hydrogen-bond donors (Lipinski definition) is 2. The van der Waals surface area contributed by atoms with Crippen molar-refractivity contribution in [2.24, 2.45) is 0 Å². The molecule has 5 heteroatoms. The summed E-state index contributed by atoms with van der Waals surface area (Å²) >= 11 is 0. The van der Waals surface area contributed by atoms with Gasteiger partial charge in [0.05, 0.1) is 18.9 Å². The average molecular weight is 274 g/mol. The van der Waals surface area contributed by atoms with Crippen LogP contribution in [0.25, 0.3) is 0 Å². The van der Waals surface area contributed by atoms with Gasteiger partial charge in [0.25, 0.3) is 0 Å². The lowest BCUT2D eigenvalue weighted by Gasteiger charge is -2.10. The van der Waals surface area contributed by atoms with Gasteiger partial charge >= 0.3 is 0 Å². The highest BCUT2D eigenvalue weighted by Crippen LogP contribution is 2.23. The van der Waals surface area contributed by atoms with Crippen LogP contribution in [0.4, 0.5) is 5.69 Å². The van der Waals surface area contributed by atoms with Gasteiger partial charge in [-0.05, 0) is 30.7 Å². The Balaban J connectivity index is 2.01. The van der Waals surface area contributed by atoms with Gasteiger partial charge in [-0.2, -0.15) is 0 Å². The molecule has 0 saturated heterocycles. The zero-order chi connectivity index (χ0) is 14.5. The molecular formula is C15H18N2O3. The molecule has 0 saturated carbocycles. The summed E-state index contributed by atoms with van der Waals surface area (Å²) in [5.74, 6) is 0.472. The van der Waals surface area contributed by atoms with Crippen molar-refractivity contribution in [1.29, 1.82) is 0 Å². The van der Waals surface area contributed by atoms with E-state index in [9.17, 15) is 9.90 Å². The first-order valence-corrected chi connectivity index (χ1v) is 6.36. The highest BCUT2D eigenvalue weighted by molar-refractivity contribution is 5.92. The smallest absolute Gasteiger partial charge is 0.244 e. The van der Waals surface area contributed by atoms with E-state index >= 15 is 0 Å². The predicted molar refractivity (Wildman–Crippen MR) is 76.7 cm³/mol. The van der Waals surface area contributed by atoms with E-state index in [2.05, 4.69) is 5.32 Å². The lowest BCUT2D eigenvalue weighted by Crippen LogP contribution is -2.18. The quantitative estimate of drug-likeness (QED) is 0.878. The zero-order valence-corrected chi connectivity index (χ0v) is 11.5. The molecule has 1 aromatic carbocycles. The first-order chi connectivity index (χ1) is 9.60. The summed E-state index contributed by atoms with van der Waals surface area (Å²) in [4.78, 5) is 12.0. The maximum atomic E-state index is 12.0. The van der Waals surface area contributed by atoms with Crippen LogP contribution in [0.15, 0.2) is 42.7 Å². The van der Waals surface area contributed by atoms with Crippen molar-refractivity contribution in [2.45, 2.75) is 19.6 Å². The molecule has 20 heavy (non-hydrogen) atoms. The molecule has 1 heterocycles. The van der Waals surface area contributed by atoms with Crippen LogP contribution in [0.1, 0.15) is 18.6 Å². The van der Waals surface area contributed by atoms with E-state index in [1.807, 2.05) is 12.1 Å². The Labute approximate surface area is 117 Å². The van der Waals surface area contributed by atoms with Crippen molar-refractivity contribution in [3.63, 3.8) is 0 Å². The molecule has 0 spiro atoms. The number of aliphatic hydroxyl groups excluding tert-OH is 1. The molecular weight excluding hydrogens is 256 g/mol. The first kappa shape index (κ1) is 14.1. The molecule has 106 valence electrons. The Morgan fingerprint density at radius 1 is 1.40 bits per heavy atom. The number of anilines is 1. The number of carbonyl (C=O) groups excluding carboxylic acids is 1. The van der Waals surface area contributed by atoms with Gasteiger partial charge in [-0.15, -0.1) is 0 Å². The molecule has 5 nitrogen and oxygen atoms in total. The van der Waals surface area contributed by atoms with Crippen LogP contribution < -0.4 is 10.1 Å². The van der Waals surface area contributed by atoms with Crippen molar-refractivity contribution in [3.05, 3.63) is 48.3 Å². The summed E-state index contributed by atoms with van der Waals surface area (Å²) in [6.07, 6.45) is 2.99. The standard InChI is InChI=1S/C15H18N2O3/c1-11(18)12-7-8-17(9-12)10-15(19)16-13-5-3-4-6-14(13)20-2/h3-9,11,18H,10H2,1-2H3,(H,16,19). The van der Waals surface area contributed by atoms with Gasteiger partial charge in [-0.1, -0.05) is 12.1 Å². The second kappa shape index (κ2) is 6.25. The molecule has 0 aliphatic carbocycles. The molecule has 1 unspecified atom stereocenters. The molecule has 0 radical (unpaired) electrons. The number of hydrogen-bond acceptors (Lipinski definition) is 3. The molecule has 2 N–H and O–H groups in total. The van der Waals surface area contributed by atoms with Crippen LogP contribution in [-0.4, -0.2) is 22.7 Å². The molecule has 1 aromatic heterocycles. The molecule has 2 aromatic rings. The molecule has 0 bridgehead atoms. The van der Waals surface area contributed by atoms with Crippen LogP contribution in [0, 0.1) is 0 Å². The maximum Gasteiger partial charge on any atom is 0.244 e. The van der Waals surface area contributed by atoms with E-state index in [-0.39, 0.29) is 12.5 Å². The monoisotopic (exact) mass is 274 g/mol. The number of rotatable bonds is 5. The molecule has 0 aliphatic rings. The highest BCUT2D eigenvalue weighted by Gasteiger charge is 2.09. The summed E-state index contributed by atoms with van der Waals surface area (Å²) in [5, 5.41) is 12.2. The van der Waals surface area contributed by atoms with Crippen LogP contribution in [0.3, 0.4) is 0 Å². The van der Waals surface area contributed by atoms with Gasteiger partial charge in [-0.3, -0.25) is 4.79 Å². The van der Waals surface area contributed by atoms with Gasteiger partial charge in [0.2, 0.25) is 5.91 Å². The molecule has 0 fully saturated rings. The van der Waals surface area contributed by atoms with Crippen molar-refractivity contribution >= 4 is 11.6 Å². The van der Waals surface area contributed by atoms with Crippen molar-refractivity contribution < 1.29 is 14.6 Å². The Morgan fingerprint density at radius 3 is 2.80 bits per heavy atom. The Hall–Kier alpha value is -2.27. The number of amides is 1. The topological polar surface area (TPSA) is 63.5 Å². The van der Waals surface area contributed by atoms with E-state index in [0.717, 1.165) is 5.56 Å². The second-order valence-corrected chi connectivity index (χ2v) is 4.54. The number of benzene rings is 1. The van der Waals surface area contributed by atoms with Crippen molar-refractivity contribution in [2.75, 3.05) is 12.4 Å². The summed E-state index contributed by atoms with van der Waals surface area (Å²) in [7, 11) is 1.56. The summed E-state index contributed by atoms with van der Waals surface area (Å²) in [6.45, 7) is 1.87. The Kier molecular flexibility index (Phi) is 4.42. The first-order valence-electron chi connectivity index (χ1n) is 6.36. The zero-order valence-electron chi connectivity index (χ0n) is 11.5.